The monoisotopic (exact) mass is 356 g/mol. The molecule has 3 rings (SSSR count). The fraction of sp³-hybridized carbons (Fsp3) is 0.111. The number of benzene rings is 2. The zero-order chi connectivity index (χ0) is 17.1. The molecule has 1 aliphatic heterocycles. The zero-order valence-electron chi connectivity index (χ0n) is 13.3. The molecule has 1 heterocycles. The number of phenolic OH excluding ortho intramolecular Hbond substituents is 1. The lowest BCUT2D eigenvalue weighted by Gasteiger charge is -2.07. The summed E-state index contributed by atoms with van der Waals surface area (Å²) in [4.78, 5) is 20.3. The minimum absolute atomic E-state index is 0.0761. The van der Waals surface area contributed by atoms with Gasteiger partial charge in [0.15, 0.2) is 5.17 Å². The first-order valence-corrected chi connectivity index (χ1v) is 9.30. The number of nitrogens with zero attached hydrogens (tertiary/aromatic N) is 2. The highest BCUT2D eigenvalue weighted by atomic mass is 32.2. The molecular weight excluding hydrogens is 340 g/mol. The molecule has 0 atom stereocenters. The van der Waals surface area contributed by atoms with E-state index < -0.39 is 0 Å². The lowest BCUT2D eigenvalue weighted by Crippen LogP contribution is -2.23. The van der Waals surface area contributed by atoms with E-state index in [-0.39, 0.29) is 11.7 Å². The predicted molar refractivity (Wildman–Crippen MR) is 102 cm³/mol. The summed E-state index contributed by atoms with van der Waals surface area (Å²) in [6.07, 6.45) is 3.83. The third-order valence-corrected chi connectivity index (χ3v) is 5.26. The molecule has 1 saturated heterocycles. The first-order chi connectivity index (χ1) is 11.6. The van der Waals surface area contributed by atoms with Crippen LogP contribution in [-0.4, -0.2) is 34.4 Å². The molecule has 0 radical (unpaired) electrons. The summed E-state index contributed by atoms with van der Waals surface area (Å²) in [5, 5.41) is 9.99. The van der Waals surface area contributed by atoms with Crippen molar-refractivity contribution in [2.45, 2.75) is 4.90 Å². The Morgan fingerprint density at radius 1 is 1.21 bits per heavy atom. The number of amidine groups is 1. The molecule has 0 unspecified atom stereocenters. The number of likely N-dealkylation sites (N-methyl/N-ethyl adjacent to an activating group) is 1. The smallest absolute Gasteiger partial charge is 0.266 e. The van der Waals surface area contributed by atoms with Crippen LogP contribution < -0.4 is 0 Å². The summed E-state index contributed by atoms with van der Waals surface area (Å²) in [7, 11) is 1.73. The number of thioether (sulfide) groups is 2. The molecule has 4 nitrogen and oxygen atoms in total. The third kappa shape index (κ3) is 3.66. The number of phenols is 1. The molecule has 1 fully saturated rings. The van der Waals surface area contributed by atoms with E-state index in [0.29, 0.717) is 10.1 Å². The standard InChI is InChI=1S/C18H16N2O2S2/c1-20-17(22)16(10-12-6-8-14(21)9-7-12)24-18(20)19-13-4-3-5-15(11-13)23-2/h3-11,21H,1-2H3/b16-10+,19-18?. The van der Waals surface area contributed by atoms with Crippen LogP contribution in [0, 0.1) is 0 Å². The summed E-state index contributed by atoms with van der Waals surface area (Å²) in [6, 6.07) is 14.7. The van der Waals surface area contributed by atoms with Crippen molar-refractivity contribution in [2.24, 2.45) is 4.99 Å². The Hall–Kier alpha value is -2.18. The van der Waals surface area contributed by atoms with Gasteiger partial charge in [-0.15, -0.1) is 11.8 Å². The second-order valence-electron chi connectivity index (χ2n) is 5.16. The minimum atomic E-state index is -0.0761. The van der Waals surface area contributed by atoms with Crippen molar-refractivity contribution in [1.82, 2.24) is 4.90 Å². The normalized spacial score (nSPS) is 17.9. The number of rotatable bonds is 3. The fourth-order valence-corrected chi connectivity index (χ4v) is 3.60. The van der Waals surface area contributed by atoms with Gasteiger partial charge in [-0.1, -0.05) is 18.2 Å². The van der Waals surface area contributed by atoms with Crippen molar-refractivity contribution >= 4 is 46.4 Å². The summed E-state index contributed by atoms with van der Waals surface area (Å²) >= 11 is 3.01. The fourth-order valence-electron chi connectivity index (χ4n) is 2.16. The molecule has 24 heavy (non-hydrogen) atoms. The van der Waals surface area contributed by atoms with Crippen LogP contribution in [0.2, 0.25) is 0 Å². The molecule has 0 aromatic heterocycles. The van der Waals surface area contributed by atoms with Gasteiger partial charge in [0.25, 0.3) is 5.91 Å². The van der Waals surface area contributed by atoms with Gasteiger partial charge in [-0.25, -0.2) is 4.99 Å². The average Bonchev–Trinajstić information content (AvgIpc) is 2.85. The van der Waals surface area contributed by atoms with Gasteiger partial charge in [-0.05, 0) is 60.0 Å². The van der Waals surface area contributed by atoms with Crippen LogP contribution in [0.1, 0.15) is 5.56 Å². The summed E-state index contributed by atoms with van der Waals surface area (Å²) in [5.74, 6) is 0.128. The lowest BCUT2D eigenvalue weighted by atomic mass is 10.2. The van der Waals surface area contributed by atoms with E-state index in [4.69, 9.17) is 0 Å². The largest absolute Gasteiger partial charge is 0.508 e. The molecule has 6 heteroatoms. The zero-order valence-corrected chi connectivity index (χ0v) is 14.9. The van der Waals surface area contributed by atoms with E-state index in [0.717, 1.165) is 16.1 Å². The topological polar surface area (TPSA) is 52.9 Å². The molecule has 122 valence electrons. The van der Waals surface area contributed by atoms with E-state index in [1.165, 1.54) is 11.8 Å². The second kappa shape index (κ2) is 7.15. The lowest BCUT2D eigenvalue weighted by molar-refractivity contribution is -0.121. The van der Waals surface area contributed by atoms with Crippen LogP contribution in [0.3, 0.4) is 0 Å². The number of aromatic hydroxyl groups is 1. The molecule has 0 aliphatic carbocycles. The molecule has 0 spiro atoms. The van der Waals surface area contributed by atoms with Crippen LogP contribution in [0.4, 0.5) is 5.69 Å². The number of amides is 1. The Labute approximate surface area is 149 Å². The molecule has 0 saturated carbocycles. The van der Waals surface area contributed by atoms with Crippen LogP contribution in [0.5, 0.6) is 5.75 Å². The van der Waals surface area contributed by atoms with E-state index in [9.17, 15) is 9.90 Å². The van der Waals surface area contributed by atoms with Crippen molar-refractivity contribution in [3.05, 3.63) is 59.0 Å². The van der Waals surface area contributed by atoms with Crippen LogP contribution >= 0.6 is 23.5 Å². The van der Waals surface area contributed by atoms with Crippen molar-refractivity contribution in [2.75, 3.05) is 13.3 Å². The highest BCUT2D eigenvalue weighted by Gasteiger charge is 2.30. The number of carbonyl (C=O) groups excluding carboxylic acids is 1. The van der Waals surface area contributed by atoms with Gasteiger partial charge < -0.3 is 5.11 Å². The number of hydrogen-bond donors (Lipinski definition) is 1. The molecule has 1 N–H and O–H groups in total. The van der Waals surface area contributed by atoms with E-state index >= 15 is 0 Å². The third-order valence-electron chi connectivity index (χ3n) is 3.47. The highest BCUT2D eigenvalue weighted by Crippen LogP contribution is 2.33. The maximum Gasteiger partial charge on any atom is 0.266 e. The van der Waals surface area contributed by atoms with Crippen molar-refractivity contribution in [3.8, 4) is 5.75 Å². The Morgan fingerprint density at radius 2 is 1.96 bits per heavy atom. The molecule has 0 bridgehead atoms. The SMILES string of the molecule is CSc1cccc(N=C2S/C(=C/c3ccc(O)cc3)C(=O)N2C)c1. The Morgan fingerprint density at radius 3 is 2.67 bits per heavy atom. The molecule has 1 aliphatic rings. The second-order valence-corrected chi connectivity index (χ2v) is 7.05. The molecule has 1 amide bonds. The summed E-state index contributed by atoms with van der Waals surface area (Å²) in [6.45, 7) is 0. The maximum atomic E-state index is 12.4. The molecular formula is C18H16N2O2S2. The van der Waals surface area contributed by atoms with Gasteiger partial charge in [0.05, 0.1) is 10.6 Å². The Bertz CT molecular complexity index is 829. The van der Waals surface area contributed by atoms with Crippen LogP contribution in [0.25, 0.3) is 6.08 Å². The maximum absolute atomic E-state index is 12.4. The van der Waals surface area contributed by atoms with Gasteiger partial charge in [0.2, 0.25) is 0 Å². The number of hydrogen-bond acceptors (Lipinski definition) is 5. The first-order valence-electron chi connectivity index (χ1n) is 7.26. The Balaban J connectivity index is 1.88. The number of aliphatic imine (C=N–C) groups is 1. The quantitative estimate of drug-likeness (QED) is 0.656. The predicted octanol–water partition coefficient (Wildman–Crippen LogP) is 4.35. The van der Waals surface area contributed by atoms with Crippen LogP contribution in [0.15, 0.2) is 63.3 Å². The van der Waals surface area contributed by atoms with Crippen molar-refractivity contribution in [1.29, 1.82) is 0 Å². The summed E-state index contributed by atoms with van der Waals surface area (Å²) in [5.41, 5.74) is 1.69. The Kier molecular flexibility index (Phi) is 4.97. The van der Waals surface area contributed by atoms with Crippen molar-refractivity contribution < 1.29 is 9.90 Å². The van der Waals surface area contributed by atoms with Gasteiger partial charge >= 0.3 is 0 Å². The van der Waals surface area contributed by atoms with Crippen molar-refractivity contribution in [3.63, 3.8) is 0 Å². The first kappa shape index (κ1) is 16.7. The van der Waals surface area contributed by atoms with Gasteiger partial charge in [0.1, 0.15) is 5.75 Å². The van der Waals surface area contributed by atoms with E-state index in [2.05, 4.69) is 4.99 Å². The van der Waals surface area contributed by atoms with Gasteiger partial charge in [0, 0.05) is 11.9 Å². The van der Waals surface area contributed by atoms with Gasteiger partial charge in [-0.3, -0.25) is 9.69 Å². The molecule has 2 aromatic carbocycles. The summed E-state index contributed by atoms with van der Waals surface area (Å²) < 4.78 is 0. The van der Waals surface area contributed by atoms with E-state index in [1.54, 1.807) is 48.0 Å². The van der Waals surface area contributed by atoms with Crippen LogP contribution in [-0.2, 0) is 4.79 Å². The highest BCUT2D eigenvalue weighted by molar-refractivity contribution is 8.18. The average molecular weight is 356 g/mol. The van der Waals surface area contributed by atoms with Gasteiger partial charge in [-0.2, -0.15) is 0 Å². The minimum Gasteiger partial charge on any atom is -0.508 e. The molecule has 2 aromatic rings. The number of carbonyl (C=O) groups is 1. The van der Waals surface area contributed by atoms with E-state index in [1.807, 2.05) is 36.6 Å².